The Balaban J connectivity index is 1.18. The summed E-state index contributed by atoms with van der Waals surface area (Å²) in [6.07, 6.45) is 0. The van der Waals surface area contributed by atoms with Gasteiger partial charge in [-0.1, -0.05) is 196 Å². The Hall–Kier alpha value is -6.76. The zero-order valence-corrected chi connectivity index (χ0v) is 31.0. The fourth-order valence-electron chi connectivity index (χ4n) is 9.74. The Morgan fingerprint density at radius 2 is 0.836 bits per heavy atom. The number of benzene rings is 10. The average Bonchev–Trinajstić information content (AvgIpc) is 3.48. The predicted molar refractivity (Wildman–Crippen MR) is 236 cm³/mol. The lowest BCUT2D eigenvalue weighted by atomic mass is 9.80. The monoisotopic (exact) mass is 698 g/mol. The highest BCUT2D eigenvalue weighted by Gasteiger charge is 2.37. The highest BCUT2D eigenvalue weighted by atomic mass is 14.4. The van der Waals surface area contributed by atoms with Gasteiger partial charge in [-0.15, -0.1) is 0 Å². The summed E-state index contributed by atoms with van der Waals surface area (Å²) >= 11 is 0. The number of hydrogen-bond acceptors (Lipinski definition) is 0. The molecule has 0 atom stereocenters. The van der Waals surface area contributed by atoms with Gasteiger partial charge in [0.05, 0.1) is 0 Å². The normalized spacial score (nSPS) is 13.1. The smallest absolute Gasteiger partial charge is 0.0159 e. The zero-order valence-electron chi connectivity index (χ0n) is 31.0. The van der Waals surface area contributed by atoms with Crippen LogP contribution in [0.25, 0.3) is 98.7 Å². The highest BCUT2D eigenvalue weighted by Crippen LogP contribution is 2.54. The van der Waals surface area contributed by atoms with Gasteiger partial charge in [-0.3, -0.25) is 0 Å². The van der Waals surface area contributed by atoms with Crippen LogP contribution in [0.4, 0.5) is 0 Å². The van der Waals surface area contributed by atoms with E-state index in [1.807, 2.05) is 0 Å². The Morgan fingerprint density at radius 3 is 1.60 bits per heavy atom. The van der Waals surface area contributed by atoms with E-state index in [2.05, 4.69) is 208 Å². The van der Waals surface area contributed by atoms with Crippen LogP contribution in [0.3, 0.4) is 0 Å². The van der Waals surface area contributed by atoms with Crippen LogP contribution in [0.15, 0.2) is 194 Å². The third kappa shape index (κ3) is 4.71. The molecule has 1 aliphatic carbocycles. The van der Waals surface area contributed by atoms with Gasteiger partial charge in [0.25, 0.3) is 0 Å². The minimum Gasteiger partial charge on any atom is -0.0622 e. The van der Waals surface area contributed by atoms with Crippen molar-refractivity contribution in [2.75, 3.05) is 0 Å². The summed E-state index contributed by atoms with van der Waals surface area (Å²) in [6, 6.07) is 72.1. The van der Waals surface area contributed by atoms with Crippen molar-refractivity contribution >= 4 is 43.1 Å². The molecule has 0 aromatic heterocycles. The maximum absolute atomic E-state index is 2.48. The van der Waals surface area contributed by atoms with Crippen molar-refractivity contribution in [1.82, 2.24) is 0 Å². The summed E-state index contributed by atoms with van der Waals surface area (Å²) in [5.41, 5.74) is 15.5. The van der Waals surface area contributed by atoms with E-state index in [4.69, 9.17) is 0 Å². The molecule has 0 bridgehead atoms. The molecule has 258 valence electrons. The van der Waals surface area contributed by atoms with Gasteiger partial charge >= 0.3 is 0 Å². The van der Waals surface area contributed by atoms with Crippen LogP contribution in [-0.4, -0.2) is 0 Å². The molecular weight excluding hydrogens is 661 g/mol. The van der Waals surface area contributed by atoms with Gasteiger partial charge in [0, 0.05) is 5.41 Å². The molecule has 0 aliphatic heterocycles. The molecule has 0 heteroatoms. The molecule has 0 radical (unpaired) electrons. The lowest BCUT2D eigenvalue weighted by Gasteiger charge is -2.23. The SMILES string of the molecule is CC1(C)c2ccccc2-c2c1cc(-c1cccc(-c3ccccc3-c3c4ccccc4c(-c4ccccc4)c4ccc5ccccc5c34)c1)c1ccccc21. The third-order valence-corrected chi connectivity index (χ3v) is 12.2. The molecule has 0 spiro atoms. The third-order valence-electron chi connectivity index (χ3n) is 12.2. The first-order chi connectivity index (χ1) is 27.1. The second-order valence-corrected chi connectivity index (χ2v) is 15.6. The first-order valence-electron chi connectivity index (χ1n) is 19.4. The summed E-state index contributed by atoms with van der Waals surface area (Å²) in [4.78, 5) is 0. The minimum absolute atomic E-state index is 0.0916. The second-order valence-electron chi connectivity index (χ2n) is 15.6. The first-order valence-corrected chi connectivity index (χ1v) is 19.4. The van der Waals surface area contributed by atoms with Crippen LogP contribution in [0.2, 0.25) is 0 Å². The van der Waals surface area contributed by atoms with Crippen molar-refractivity contribution in [3.63, 3.8) is 0 Å². The molecule has 0 saturated carbocycles. The molecule has 0 saturated heterocycles. The van der Waals surface area contributed by atoms with E-state index in [-0.39, 0.29) is 5.41 Å². The van der Waals surface area contributed by atoms with Crippen molar-refractivity contribution in [3.8, 4) is 55.6 Å². The van der Waals surface area contributed by atoms with Crippen LogP contribution < -0.4 is 0 Å². The molecule has 55 heavy (non-hydrogen) atoms. The summed E-state index contributed by atoms with van der Waals surface area (Å²) in [5, 5.41) is 10.2. The average molecular weight is 699 g/mol. The van der Waals surface area contributed by atoms with Gasteiger partial charge in [-0.05, 0) is 122 Å². The molecule has 11 rings (SSSR count). The largest absolute Gasteiger partial charge is 0.0622 e. The molecule has 0 nitrogen and oxygen atoms in total. The zero-order chi connectivity index (χ0) is 36.7. The van der Waals surface area contributed by atoms with Gasteiger partial charge in [-0.25, -0.2) is 0 Å². The van der Waals surface area contributed by atoms with E-state index in [9.17, 15) is 0 Å². The number of hydrogen-bond donors (Lipinski definition) is 0. The van der Waals surface area contributed by atoms with Crippen molar-refractivity contribution in [2.45, 2.75) is 19.3 Å². The van der Waals surface area contributed by atoms with E-state index in [0.29, 0.717) is 0 Å². The lowest BCUT2D eigenvalue weighted by molar-refractivity contribution is 0.661. The van der Waals surface area contributed by atoms with Crippen LogP contribution >= 0.6 is 0 Å². The van der Waals surface area contributed by atoms with Crippen LogP contribution in [-0.2, 0) is 5.41 Å². The molecule has 0 heterocycles. The summed E-state index contributed by atoms with van der Waals surface area (Å²) in [5.74, 6) is 0. The summed E-state index contributed by atoms with van der Waals surface area (Å²) in [7, 11) is 0. The lowest BCUT2D eigenvalue weighted by Crippen LogP contribution is -2.15. The molecule has 1 aliphatic rings. The van der Waals surface area contributed by atoms with E-state index in [1.54, 1.807) is 0 Å². The summed E-state index contributed by atoms with van der Waals surface area (Å²) in [6.45, 7) is 4.76. The molecule has 0 fully saturated rings. The first kappa shape index (κ1) is 31.7. The van der Waals surface area contributed by atoms with E-state index >= 15 is 0 Å². The number of fused-ring (bicyclic) bond motifs is 9. The molecular formula is C55H38. The Kier molecular flexibility index (Phi) is 7.00. The maximum Gasteiger partial charge on any atom is 0.0159 e. The van der Waals surface area contributed by atoms with Crippen molar-refractivity contribution < 1.29 is 0 Å². The van der Waals surface area contributed by atoms with Crippen LogP contribution in [0.5, 0.6) is 0 Å². The number of rotatable bonds is 4. The Labute approximate surface area is 322 Å². The highest BCUT2D eigenvalue weighted by molar-refractivity contribution is 6.28. The standard InChI is InChI=1S/C55H38/c1-55(2)49-30-15-14-29-46(49)52-43-26-11-9-24-41(43)48(34-50(52)55)38-21-16-20-37(33-38)39-22-8-10-25-42(39)54-45-28-13-12-27-44(45)51(36-18-4-3-5-19-36)47-32-31-35-17-6-7-23-40(35)53(47)54/h3-34H,1-2H3. The van der Waals surface area contributed by atoms with Crippen LogP contribution in [0.1, 0.15) is 25.0 Å². The van der Waals surface area contributed by atoms with Gasteiger partial charge in [-0.2, -0.15) is 0 Å². The molecule has 0 unspecified atom stereocenters. The van der Waals surface area contributed by atoms with Gasteiger partial charge in [0.15, 0.2) is 0 Å². The maximum atomic E-state index is 2.48. The molecule has 10 aromatic carbocycles. The van der Waals surface area contributed by atoms with Gasteiger partial charge in [0.1, 0.15) is 0 Å². The molecule has 0 amide bonds. The molecule has 10 aromatic rings. The Bertz CT molecular complexity index is 3160. The second kappa shape index (κ2) is 12.1. The van der Waals surface area contributed by atoms with Gasteiger partial charge in [0.2, 0.25) is 0 Å². The predicted octanol–water partition coefficient (Wildman–Crippen LogP) is 15.3. The van der Waals surface area contributed by atoms with E-state index < -0.39 is 0 Å². The fourth-order valence-corrected chi connectivity index (χ4v) is 9.74. The molecule has 0 N–H and O–H groups in total. The van der Waals surface area contributed by atoms with E-state index in [1.165, 1.54) is 110 Å². The van der Waals surface area contributed by atoms with Crippen molar-refractivity contribution in [1.29, 1.82) is 0 Å². The quantitative estimate of drug-likeness (QED) is 0.127. The van der Waals surface area contributed by atoms with Gasteiger partial charge < -0.3 is 0 Å². The summed E-state index contributed by atoms with van der Waals surface area (Å²) < 4.78 is 0. The van der Waals surface area contributed by atoms with Crippen molar-refractivity contribution in [2.24, 2.45) is 0 Å². The van der Waals surface area contributed by atoms with E-state index in [0.717, 1.165) is 0 Å². The Morgan fingerprint density at radius 1 is 0.291 bits per heavy atom. The van der Waals surface area contributed by atoms with Crippen molar-refractivity contribution in [3.05, 3.63) is 205 Å². The fraction of sp³-hybridized carbons (Fsp3) is 0.0545. The minimum atomic E-state index is -0.0916. The van der Waals surface area contributed by atoms with Crippen LogP contribution in [0, 0.1) is 0 Å². The topological polar surface area (TPSA) is 0 Å².